The quantitative estimate of drug-likeness (QED) is 0.568. The molecule has 0 aliphatic rings. The van der Waals surface area contributed by atoms with Gasteiger partial charge in [0.1, 0.15) is 18.1 Å². The van der Waals surface area contributed by atoms with Crippen molar-refractivity contribution < 1.29 is 9.53 Å². The second-order valence-corrected chi connectivity index (χ2v) is 7.18. The fourth-order valence-electron chi connectivity index (χ4n) is 2.12. The van der Waals surface area contributed by atoms with Gasteiger partial charge in [-0.25, -0.2) is 0 Å². The first-order chi connectivity index (χ1) is 11.1. The van der Waals surface area contributed by atoms with Crippen molar-refractivity contribution in [1.82, 2.24) is 4.72 Å². The van der Waals surface area contributed by atoms with Gasteiger partial charge < -0.3 is 4.74 Å². The van der Waals surface area contributed by atoms with Gasteiger partial charge in [0.25, 0.3) is 0 Å². The summed E-state index contributed by atoms with van der Waals surface area (Å²) in [5.41, 5.74) is 2.79. The van der Waals surface area contributed by atoms with Gasteiger partial charge in [-0.2, -0.15) is 0 Å². The molecule has 2 aromatic carbocycles. The molecule has 0 fully saturated rings. The van der Waals surface area contributed by atoms with Crippen molar-refractivity contribution in [1.29, 1.82) is 0 Å². The van der Waals surface area contributed by atoms with Crippen LogP contribution in [0.2, 0.25) is 0 Å². The number of ether oxygens (including phenoxy) is 1. The average Bonchev–Trinajstić information content (AvgIpc) is 2.55. The summed E-state index contributed by atoms with van der Waals surface area (Å²) < 4.78 is 9.21. The topological polar surface area (TPSA) is 38.3 Å². The molecule has 0 radical (unpaired) electrons. The van der Waals surface area contributed by atoms with Gasteiger partial charge in [0, 0.05) is 17.4 Å². The zero-order chi connectivity index (χ0) is 16.7. The first-order valence-electron chi connectivity index (χ1n) is 7.79. The number of carbonyl (C=O) groups excluding carboxylic acids is 1. The standard InChI is InChI=1S/C19H23NO2S/c1-14(2)23-20-12-15(3)22-19-9-7-17(8-10-19)18-6-4-5-16(11-18)13-21/h4-11,13-15,20H,12H2,1-3H3. The van der Waals surface area contributed by atoms with Crippen molar-refractivity contribution in [3.63, 3.8) is 0 Å². The second kappa shape index (κ2) is 8.75. The molecule has 0 saturated carbocycles. The smallest absolute Gasteiger partial charge is 0.150 e. The highest BCUT2D eigenvalue weighted by atomic mass is 32.2. The SMILES string of the molecule is CC(CNSC(C)C)Oc1ccc(-c2cccc(C=O)c2)cc1. The van der Waals surface area contributed by atoms with Gasteiger partial charge in [-0.1, -0.05) is 56.1 Å². The maximum Gasteiger partial charge on any atom is 0.150 e. The van der Waals surface area contributed by atoms with E-state index in [-0.39, 0.29) is 6.10 Å². The second-order valence-electron chi connectivity index (χ2n) is 5.71. The molecule has 0 aliphatic heterocycles. The molecule has 1 atom stereocenters. The van der Waals surface area contributed by atoms with Crippen molar-refractivity contribution >= 4 is 18.2 Å². The van der Waals surface area contributed by atoms with Crippen LogP contribution in [0.5, 0.6) is 5.75 Å². The van der Waals surface area contributed by atoms with Crippen LogP contribution >= 0.6 is 11.9 Å². The number of aldehydes is 1. The van der Waals surface area contributed by atoms with Crippen LogP contribution in [-0.4, -0.2) is 24.2 Å². The lowest BCUT2D eigenvalue weighted by molar-refractivity contribution is 0.112. The molecule has 0 aliphatic carbocycles. The summed E-state index contributed by atoms with van der Waals surface area (Å²) in [4.78, 5) is 10.9. The zero-order valence-corrected chi connectivity index (χ0v) is 14.6. The predicted molar refractivity (Wildman–Crippen MR) is 98.1 cm³/mol. The van der Waals surface area contributed by atoms with Gasteiger partial charge in [0.15, 0.2) is 0 Å². The number of benzene rings is 2. The molecule has 122 valence electrons. The van der Waals surface area contributed by atoms with E-state index in [2.05, 4.69) is 25.5 Å². The van der Waals surface area contributed by atoms with E-state index in [4.69, 9.17) is 4.74 Å². The summed E-state index contributed by atoms with van der Waals surface area (Å²) in [6, 6.07) is 15.5. The van der Waals surface area contributed by atoms with Crippen LogP contribution in [0.25, 0.3) is 11.1 Å². The van der Waals surface area contributed by atoms with Crippen molar-refractivity contribution in [3.8, 4) is 16.9 Å². The molecule has 0 amide bonds. The Bertz CT molecular complexity index is 626. The summed E-state index contributed by atoms with van der Waals surface area (Å²) in [6.07, 6.45) is 0.968. The predicted octanol–water partition coefficient (Wildman–Crippen LogP) is 4.58. The van der Waals surface area contributed by atoms with Gasteiger partial charge in [-0.05, 0) is 36.2 Å². The summed E-state index contributed by atoms with van der Waals surface area (Å²) >= 11 is 1.71. The molecule has 0 spiro atoms. The highest BCUT2D eigenvalue weighted by Crippen LogP contribution is 2.23. The number of nitrogens with one attached hydrogen (secondary N) is 1. The summed E-state index contributed by atoms with van der Waals surface area (Å²) in [5, 5.41) is 0.559. The van der Waals surface area contributed by atoms with Crippen LogP contribution in [-0.2, 0) is 0 Å². The monoisotopic (exact) mass is 329 g/mol. The molecular formula is C19H23NO2S. The van der Waals surface area contributed by atoms with E-state index in [0.717, 1.165) is 29.7 Å². The first kappa shape index (κ1) is 17.6. The molecule has 0 heterocycles. The molecule has 1 unspecified atom stereocenters. The maximum atomic E-state index is 10.9. The van der Waals surface area contributed by atoms with Crippen molar-refractivity contribution in [2.45, 2.75) is 32.1 Å². The van der Waals surface area contributed by atoms with E-state index >= 15 is 0 Å². The number of carbonyl (C=O) groups is 1. The third-order valence-corrected chi connectivity index (χ3v) is 4.04. The van der Waals surface area contributed by atoms with Gasteiger partial charge in [0.2, 0.25) is 0 Å². The average molecular weight is 329 g/mol. The minimum atomic E-state index is 0.102. The van der Waals surface area contributed by atoms with E-state index in [1.165, 1.54) is 0 Å². The molecule has 1 N–H and O–H groups in total. The number of hydrogen-bond donors (Lipinski definition) is 1. The van der Waals surface area contributed by atoms with Gasteiger partial charge in [-0.15, -0.1) is 0 Å². The molecule has 0 saturated heterocycles. The third kappa shape index (κ3) is 5.73. The molecule has 2 rings (SSSR count). The van der Waals surface area contributed by atoms with Gasteiger partial charge in [0.05, 0.1) is 0 Å². The lowest BCUT2D eigenvalue weighted by atomic mass is 10.0. The normalized spacial score (nSPS) is 12.2. The van der Waals surface area contributed by atoms with Crippen LogP contribution in [0.4, 0.5) is 0 Å². The van der Waals surface area contributed by atoms with Gasteiger partial charge >= 0.3 is 0 Å². The van der Waals surface area contributed by atoms with Crippen LogP contribution in [0.1, 0.15) is 31.1 Å². The Morgan fingerprint density at radius 2 is 1.83 bits per heavy atom. The van der Waals surface area contributed by atoms with E-state index in [1.54, 1.807) is 18.0 Å². The first-order valence-corrected chi connectivity index (χ1v) is 8.67. The van der Waals surface area contributed by atoms with Crippen molar-refractivity contribution in [2.24, 2.45) is 0 Å². The molecule has 4 heteroatoms. The molecule has 23 heavy (non-hydrogen) atoms. The van der Waals surface area contributed by atoms with Gasteiger partial charge in [-0.3, -0.25) is 9.52 Å². The van der Waals surface area contributed by atoms with E-state index in [1.807, 2.05) is 42.5 Å². The Morgan fingerprint density at radius 1 is 1.09 bits per heavy atom. The lowest BCUT2D eigenvalue weighted by Crippen LogP contribution is -2.25. The van der Waals surface area contributed by atoms with Crippen LogP contribution in [0.3, 0.4) is 0 Å². The largest absolute Gasteiger partial charge is 0.489 e. The molecule has 0 bridgehead atoms. The Hall–Kier alpha value is -1.78. The third-order valence-electron chi connectivity index (χ3n) is 3.24. The Kier molecular flexibility index (Phi) is 6.68. The number of hydrogen-bond acceptors (Lipinski definition) is 4. The molecule has 3 nitrogen and oxygen atoms in total. The lowest BCUT2D eigenvalue weighted by Gasteiger charge is -2.16. The summed E-state index contributed by atoms with van der Waals surface area (Å²) in [5.74, 6) is 0.851. The van der Waals surface area contributed by atoms with Crippen molar-refractivity contribution in [3.05, 3.63) is 54.1 Å². The van der Waals surface area contributed by atoms with E-state index in [0.29, 0.717) is 10.8 Å². The Balaban J connectivity index is 1.95. The van der Waals surface area contributed by atoms with Crippen LogP contribution < -0.4 is 9.46 Å². The molecule has 0 aromatic heterocycles. The van der Waals surface area contributed by atoms with Crippen molar-refractivity contribution in [2.75, 3.05) is 6.54 Å². The minimum absolute atomic E-state index is 0.102. The minimum Gasteiger partial charge on any atom is -0.489 e. The Morgan fingerprint density at radius 3 is 2.48 bits per heavy atom. The van der Waals surface area contributed by atoms with E-state index in [9.17, 15) is 4.79 Å². The highest BCUT2D eigenvalue weighted by molar-refractivity contribution is 7.97. The molecule has 2 aromatic rings. The zero-order valence-electron chi connectivity index (χ0n) is 13.8. The summed E-state index contributed by atoms with van der Waals surface area (Å²) in [7, 11) is 0. The van der Waals surface area contributed by atoms with Crippen LogP contribution in [0.15, 0.2) is 48.5 Å². The summed E-state index contributed by atoms with van der Waals surface area (Å²) in [6.45, 7) is 7.16. The molecular weight excluding hydrogens is 306 g/mol. The fraction of sp³-hybridized carbons (Fsp3) is 0.316. The highest BCUT2D eigenvalue weighted by Gasteiger charge is 2.05. The fourth-order valence-corrected chi connectivity index (χ4v) is 2.79. The van der Waals surface area contributed by atoms with Crippen LogP contribution in [0, 0.1) is 0 Å². The maximum absolute atomic E-state index is 10.9. The number of rotatable bonds is 8. The van der Waals surface area contributed by atoms with E-state index < -0.39 is 0 Å². The Labute approximate surface area is 142 Å².